The molecule has 4 aromatic rings. The summed E-state index contributed by atoms with van der Waals surface area (Å²) >= 11 is 1.43. The Morgan fingerprint density at radius 1 is 1.00 bits per heavy atom. The van der Waals surface area contributed by atoms with E-state index in [1.54, 1.807) is 12.1 Å². The van der Waals surface area contributed by atoms with Gasteiger partial charge in [0.2, 0.25) is 0 Å². The summed E-state index contributed by atoms with van der Waals surface area (Å²) in [7, 11) is 0. The van der Waals surface area contributed by atoms with E-state index in [9.17, 15) is 14.4 Å². The molecule has 0 bridgehead atoms. The molecule has 2 aromatic carbocycles. The summed E-state index contributed by atoms with van der Waals surface area (Å²) in [4.78, 5) is 40.0. The first kappa shape index (κ1) is 22.1. The number of amides is 2. The molecule has 34 heavy (non-hydrogen) atoms. The van der Waals surface area contributed by atoms with Crippen molar-refractivity contribution in [2.75, 3.05) is 5.32 Å². The molecule has 2 amide bonds. The van der Waals surface area contributed by atoms with Gasteiger partial charge >= 0.3 is 0 Å². The zero-order chi connectivity index (χ0) is 23.7. The van der Waals surface area contributed by atoms with Crippen LogP contribution >= 0.6 is 11.3 Å². The highest BCUT2D eigenvalue weighted by Gasteiger charge is 2.27. The quantitative estimate of drug-likeness (QED) is 0.417. The lowest BCUT2D eigenvalue weighted by Gasteiger charge is -2.13. The van der Waals surface area contributed by atoms with E-state index < -0.39 is 5.91 Å². The predicted octanol–water partition coefficient (Wildman–Crippen LogP) is 5.22. The Hall–Kier alpha value is -3.71. The van der Waals surface area contributed by atoms with Crippen LogP contribution in [0.3, 0.4) is 0 Å². The highest BCUT2D eigenvalue weighted by molar-refractivity contribution is 7.17. The summed E-state index contributed by atoms with van der Waals surface area (Å²) in [6, 6.07) is 16.2. The van der Waals surface area contributed by atoms with Crippen LogP contribution in [0.5, 0.6) is 0 Å². The fourth-order valence-electron chi connectivity index (χ4n) is 4.30. The van der Waals surface area contributed by atoms with Crippen LogP contribution in [-0.4, -0.2) is 11.8 Å². The van der Waals surface area contributed by atoms with Crippen molar-refractivity contribution in [3.63, 3.8) is 0 Å². The SMILES string of the molecule is Cc1ccc2c(=O)cc(C(=O)Nc3sc4c(c3C(=O)NCc3ccccc3)CCCC4)oc2c1. The van der Waals surface area contributed by atoms with Crippen molar-refractivity contribution < 1.29 is 14.0 Å². The number of benzene rings is 2. The van der Waals surface area contributed by atoms with Gasteiger partial charge in [-0.05, 0) is 61.4 Å². The average Bonchev–Trinajstić information content (AvgIpc) is 3.20. The third-order valence-corrected chi connectivity index (χ3v) is 7.24. The molecule has 172 valence electrons. The Balaban J connectivity index is 1.45. The molecule has 7 heteroatoms. The molecule has 6 nitrogen and oxygen atoms in total. The Morgan fingerprint density at radius 2 is 1.79 bits per heavy atom. The average molecular weight is 473 g/mol. The lowest BCUT2D eigenvalue weighted by Crippen LogP contribution is -2.25. The Bertz CT molecular complexity index is 1450. The Kier molecular flexibility index (Phi) is 6.02. The van der Waals surface area contributed by atoms with Gasteiger partial charge in [-0.1, -0.05) is 36.4 Å². The molecule has 0 unspecified atom stereocenters. The summed E-state index contributed by atoms with van der Waals surface area (Å²) in [5.74, 6) is -0.838. The van der Waals surface area contributed by atoms with Crippen molar-refractivity contribution in [1.82, 2.24) is 5.32 Å². The molecule has 2 N–H and O–H groups in total. The summed E-state index contributed by atoms with van der Waals surface area (Å²) < 4.78 is 5.76. The summed E-state index contributed by atoms with van der Waals surface area (Å²) in [5, 5.41) is 6.76. The van der Waals surface area contributed by atoms with E-state index in [0.29, 0.717) is 28.1 Å². The highest BCUT2D eigenvalue weighted by Crippen LogP contribution is 2.38. The second-order valence-corrected chi connectivity index (χ2v) is 9.62. The first-order valence-corrected chi connectivity index (χ1v) is 12.1. The maximum absolute atomic E-state index is 13.2. The number of thiophene rings is 1. The van der Waals surface area contributed by atoms with Crippen molar-refractivity contribution in [3.8, 4) is 0 Å². The number of nitrogens with one attached hydrogen (secondary N) is 2. The molecule has 0 radical (unpaired) electrons. The lowest BCUT2D eigenvalue weighted by molar-refractivity contribution is 0.0951. The molecule has 2 heterocycles. The number of anilines is 1. The van der Waals surface area contributed by atoms with Crippen LogP contribution in [0.1, 0.15) is 55.3 Å². The molecule has 2 aromatic heterocycles. The molecule has 0 atom stereocenters. The number of aryl methyl sites for hydroxylation is 2. The van der Waals surface area contributed by atoms with Crippen LogP contribution < -0.4 is 16.1 Å². The van der Waals surface area contributed by atoms with Gasteiger partial charge < -0.3 is 15.1 Å². The van der Waals surface area contributed by atoms with Gasteiger partial charge in [0.25, 0.3) is 11.8 Å². The summed E-state index contributed by atoms with van der Waals surface area (Å²) in [5.41, 5.74) is 3.53. The topological polar surface area (TPSA) is 88.4 Å². The second-order valence-electron chi connectivity index (χ2n) is 8.51. The van der Waals surface area contributed by atoms with Crippen molar-refractivity contribution in [2.45, 2.75) is 39.2 Å². The largest absolute Gasteiger partial charge is 0.451 e. The molecule has 0 saturated carbocycles. The fourth-order valence-corrected chi connectivity index (χ4v) is 5.58. The number of fused-ring (bicyclic) bond motifs is 2. The van der Waals surface area contributed by atoms with Crippen LogP contribution in [0.2, 0.25) is 0 Å². The third kappa shape index (κ3) is 4.39. The predicted molar refractivity (Wildman–Crippen MR) is 134 cm³/mol. The molecular formula is C27H24N2O4S. The van der Waals surface area contributed by atoms with Crippen molar-refractivity contribution in [1.29, 1.82) is 0 Å². The molecule has 1 aliphatic rings. The van der Waals surface area contributed by atoms with Gasteiger partial charge in [-0.25, -0.2) is 0 Å². The van der Waals surface area contributed by atoms with E-state index in [2.05, 4.69) is 10.6 Å². The van der Waals surface area contributed by atoms with Crippen molar-refractivity contribution in [3.05, 3.63) is 97.7 Å². The van der Waals surface area contributed by atoms with Crippen LogP contribution in [-0.2, 0) is 19.4 Å². The highest BCUT2D eigenvalue weighted by atomic mass is 32.1. The number of hydrogen-bond donors (Lipinski definition) is 2. The van der Waals surface area contributed by atoms with Crippen molar-refractivity contribution in [2.24, 2.45) is 0 Å². The normalized spacial score (nSPS) is 12.9. The van der Waals surface area contributed by atoms with E-state index >= 15 is 0 Å². The zero-order valence-electron chi connectivity index (χ0n) is 18.8. The number of hydrogen-bond acceptors (Lipinski definition) is 5. The fraction of sp³-hybridized carbons (Fsp3) is 0.222. The van der Waals surface area contributed by atoms with Gasteiger partial charge in [-0.3, -0.25) is 14.4 Å². The molecule has 0 aliphatic heterocycles. The van der Waals surface area contributed by atoms with E-state index in [1.165, 1.54) is 17.4 Å². The first-order chi connectivity index (χ1) is 16.5. The lowest BCUT2D eigenvalue weighted by atomic mass is 9.95. The maximum Gasteiger partial charge on any atom is 0.292 e. The Morgan fingerprint density at radius 3 is 2.62 bits per heavy atom. The zero-order valence-corrected chi connectivity index (χ0v) is 19.6. The number of rotatable bonds is 5. The smallest absolute Gasteiger partial charge is 0.292 e. The van der Waals surface area contributed by atoms with Crippen LogP contribution in [0.4, 0.5) is 5.00 Å². The van der Waals surface area contributed by atoms with Crippen LogP contribution in [0.25, 0.3) is 11.0 Å². The molecular weight excluding hydrogens is 448 g/mol. The van der Waals surface area contributed by atoms with Gasteiger partial charge in [0, 0.05) is 17.5 Å². The first-order valence-electron chi connectivity index (χ1n) is 11.3. The van der Waals surface area contributed by atoms with Crippen molar-refractivity contribution >= 4 is 39.1 Å². The van der Waals surface area contributed by atoms with E-state index in [1.807, 2.05) is 43.3 Å². The minimum absolute atomic E-state index is 0.0786. The van der Waals surface area contributed by atoms with Gasteiger partial charge in [0.05, 0.1) is 10.9 Å². The monoisotopic (exact) mass is 472 g/mol. The minimum atomic E-state index is -0.545. The van der Waals surface area contributed by atoms with Gasteiger partial charge in [0.1, 0.15) is 10.6 Å². The molecule has 0 saturated heterocycles. The summed E-state index contributed by atoms with van der Waals surface area (Å²) in [6.45, 7) is 2.29. The second kappa shape index (κ2) is 9.27. The summed E-state index contributed by atoms with van der Waals surface area (Å²) in [6.07, 6.45) is 3.76. The molecule has 0 fully saturated rings. The standard InChI is InChI=1S/C27H24N2O4S/c1-16-11-12-18-20(30)14-22(33-21(18)13-16)25(31)29-27-24(19-9-5-6-10-23(19)34-27)26(32)28-15-17-7-3-2-4-8-17/h2-4,7-8,11-14H,5-6,9-10,15H2,1H3,(H,28,32)(H,29,31). The number of carbonyl (C=O) groups is 2. The van der Waals surface area contributed by atoms with Crippen LogP contribution in [0, 0.1) is 6.92 Å². The number of carbonyl (C=O) groups excluding carboxylic acids is 2. The molecule has 5 rings (SSSR count). The van der Waals surface area contributed by atoms with Gasteiger partial charge in [0.15, 0.2) is 11.2 Å². The molecule has 1 aliphatic carbocycles. The maximum atomic E-state index is 13.2. The minimum Gasteiger partial charge on any atom is -0.451 e. The van der Waals surface area contributed by atoms with E-state index in [0.717, 1.165) is 47.3 Å². The molecule has 0 spiro atoms. The van der Waals surface area contributed by atoms with Gasteiger partial charge in [-0.2, -0.15) is 0 Å². The Labute approximate surface area is 200 Å². The van der Waals surface area contributed by atoms with Crippen LogP contribution in [0.15, 0.2) is 63.8 Å². The van der Waals surface area contributed by atoms with E-state index in [-0.39, 0.29) is 17.1 Å². The van der Waals surface area contributed by atoms with Gasteiger partial charge in [-0.15, -0.1) is 11.3 Å². The van der Waals surface area contributed by atoms with E-state index in [4.69, 9.17) is 4.42 Å². The third-order valence-electron chi connectivity index (χ3n) is 6.03.